The lowest BCUT2D eigenvalue weighted by Gasteiger charge is -2.33. The van der Waals surface area contributed by atoms with E-state index in [0.717, 1.165) is 56.1 Å². The maximum Gasteiger partial charge on any atom is 0.416 e. The first-order valence-corrected chi connectivity index (χ1v) is 14.9. The number of hydrogen-bond donors (Lipinski definition) is 1. The molecule has 1 N–H and O–H groups in total. The molecule has 1 fully saturated rings. The predicted octanol–water partition coefficient (Wildman–Crippen LogP) is 5.30. The molecule has 1 atom stereocenters. The number of nitrogens with zero attached hydrogens (tertiary/aromatic N) is 2. The SMILES string of the molecule is Cc1cccc(CN(C(=O)CN(c2cc(C(F)(F)F)ccc2Cl)S(C)(=O)=O)[C@H](C)C(=O)NC2CCCCC2)c1. The van der Waals surface area contributed by atoms with E-state index in [4.69, 9.17) is 11.6 Å². The van der Waals surface area contributed by atoms with Crippen LogP contribution in [0, 0.1) is 6.92 Å². The van der Waals surface area contributed by atoms with Crippen molar-refractivity contribution in [3.63, 3.8) is 0 Å². The van der Waals surface area contributed by atoms with E-state index >= 15 is 0 Å². The molecule has 12 heteroatoms. The second kappa shape index (κ2) is 12.6. The highest BCUT2D eigenvalue weighted by atomic mass is 35.5. The van der Waals surface area contributed by atoms with Gasteiger partial charge in [0.1, 0.15) is 12.6 Å². The van der Waals surface area contributed by atoms with E-state index in [-0.39, 0.29) is 23.5 Å². The van der Waals surface area contributed by atoms with E-state index in [1.54, 1.807) is 19.1 Å². The number of carbonyl (C=O) groups excluding carboxylic acids is 2. The summed E-state index contributed by atoms with van der Waals surface area (Å²) in [7, 11) is -4.25. The minimum Gasteiger partial charge on any atom is -0.352 e. The number of hydrogen-bond acceptors (Lipinski definition) is 4. The minimum absolute atomic E-state index is 0.00626. The van der Waals surface area contributed by atoms with Gasteiger partial charge in [0.05, 0.1) is 22.5 Å². The van der Waals surface area contributed by atoms with Gasteiger partial charge in [-0.25, -0.2) is 8.42 Å². The number of benzene rings is 2. The highest BCUT2D eigenvalue weighted by Crippen LogP contribution is 2.36. The number of anilines is 1. The molecule has 3 rings (SSSR count). The van der Waals surface area contributed by atoms with E-state index in [1.165, 1.54) is 4.90 Å². The topological polar surface area (TPSA) is 86.8 Å². The van der Waals surface area contributed by atoms with Gasteiger partial charge in [-0.15, -0.1) is 0 Å². The lowest BCUT2D eigenvalue weighted by molar-refractivity contribution is -0.139. The van der Waals surface area contributed by atoms with Gasteiger partial charge in [-0.2, -0.15) is 13.2 Å². The van der Waals surface area contributed by atoms with Crippen molar-refractivity contribution in [3.05, 3.63) is 64.2 Å². The lowest BCUT2D eigenvalue weighted by Crippen LogP contribution is -2.53. The van der Waals surface area contributed by atoms with Crippen LogP contribution in [0.25, 0.3) is 0 Å². The Morgan fingerprint density at radius 2 is 1.77 bits per heavy atom. The van der Waals surface area contributed by atoms with E-state index in [0.29, 0.717) is 15.9 Å². The first-order valence-electron chi connectivity index (χ1n) is 12.7. The molecule has 0 heterocycles. The molecule has 214 valence electrons. The summed E-state index contributed by atoms with van der Waals surface area (Å²) < 4.78 is 66.1. The molecule has 39 heavy (non-hydrogen) atoms. The summed E-state index contributed by atoms with van der Waals surface area (Å²) in [5, 5.41) is 2.72. The van der Waals surface area contributed by atoms with Crippen LogP contribution in [0.3, 0.4) is 0 Å². The third kappa shape index (κ3) is 8.35. The highest BCUT2D eigenvalue weighted by molar-refractivity contribution is 7.92. The Morgan fingerprint density at radius 3 is 2.36 bits per heavy atom. The van der Waals surface area contributed by atoms with Crippen LogP contribution in [0.5, 0.6) is 0 Å². The number of carbonyl (C=O) groups is 2. The van der Waals surface area contributed by atoms with Gasteiger partial charge in [0.25, 0.3) is 0 Å². The van der Waals surface area contributed by atoms with Crippen molar-refractivity contribution in [3.8, 4) is 0 Å². The van der Waals surface area contributed by atoms with Crippen molar-refractivity contribution in [1.29, 1.82) is 0 Å². The number of rotatable bonds is 9. The van der Waals surface area contributed by atoms with Crippen LogP contribution in [0.4, 0.5) is 18.9 Å². The van der Waals surface area contributed by atoms with Gasteiger partial charge in [-0.05, 0) is 50.5 Å². The standard InChI is InChI=1S/C27H33ClF3N3O4S/c1-18-8-7-9-20(14-18)16-33(19(2)26(36)32-22-10-5-4-6-11-22)25(35)17-34(39(3,37)38)24-15-21(27(29,30)31)12-13-23(24)28/h7-9,12-15,19,22H,4-6,10-11,16-17H2,1-3H3,(H,32,36)/t19-/m1/s1. The van der Waals surface area contributed by atoms with Crippen LogP contribution < -0.4 is 9.62 Å². The molecule has 0 spiro atoms. The fourth-order valence-corrected chi connectivity index (χ4v) is 5.76. The Bertz CT molecular complexity index is 1300. The zero-order chi connectivity index (χ0) is 29.0. The van der Waals surface area contributed by atoms with E-state index in [9.17, 15) is 31.2 Å². The molecule has 1 aliphatic carbocycles. The maximum atomic E-state index is 13.7. The third-order valence-electron chi connectivity index (χ3n) is 6.78. The molecule has 1 saturated carbocycles. The van der Waals surface area contributed by atoms with Crippen LogP contribution in [0.15, 0.2) is 42.5 Å². The Hall–Kier alpha value is -2.79. The summed E-state index contributed by atoms with van der Waals surface area (Å²) in [5.74, 6) is -1.15. The molecule has 0 radical (unpaired) electrons. The Labute approximate surface area is 232 Å². The molecule has 7 nitrogen and oxygen atoms in total. The largest absolute Gasteiger partial charge is 0.416 e. The van der Waals surface area contributed by atoms with Crippen molar-refractivity contribution >= 4 is 39.1 Å². The van der Waals surface area contributed by atoms with Gasteiger partial charge in [0.2, 0.25) is 21.8 Å². The Balaban J connectivity index is 1.95. The number of nitrogens with one attached hydrogen (secondary N) is 1. The Kier molecular flexibility index (Phi) is 9.93. The number of halogens is 4. The minimum atomic E-state index is -4.75. The number of amides is 2. The van der Waals surface area contributed by atoms with E-state index in [2.05, 4.69) is 5.32 Å². The van der Waals surface area contributed by atoms with Crippen molar-refractivity contribution < 1.29 is 31.2 Å². The zero-order valence-corrected chi connectivity index (χ0v) is 23.7. The van der Waals surface area contributed by atoms with Gasteiger partial charge in [0.15, 0.2) is 0 Å². The second-order valence-corrected chi connectivity index (χ2v) is 12.3. The smallest absolute Gasteiger partial charge is 0.352 e. The quantitative estimate of drug-likeness (QED) is 0.431. The number of aryl methyl sites for hydroxylation is 1. The summed E-state index contributed by atoms with van der Waals surface area (Å²) in [6.07, 6.45) is 0.773. The molecule has 0 unspecified atom stereocenters. The van der Waals surface area contributed by atoms with Gasteiger partial charge in [0, 0.05) is 12.6 Å². The van der Waals surface area contributed by atoms with Crippen LogP contribution in [-0.2, 0) is 32.3 Å². The van der Waals surface area contributed by atoms with Gasteiger partial charge >= 0.3 is 6.18 Å². The third-order valence-corrected chi connectivity index (χ3v) is 8.22. The number of sulfonamides is 1. The van der Waals surface area contributed by atoms with Gasteiger partial charge < -0.3 is 10.2 Å². The van der Waals surface area contributed by atoms with Crippen LogP contribution in [0.1, 0.15) is 55.7 Å². The molecule has 2 aromatic rings. The van der Waals surface area contributed by atoms with E-state index in [1.807, 2.05) is 19.1 Å². The molecule has 0 saturated heterocycles. The molecule has 0 aliphatic heterocycles. The molecule has 1 aliphatic rings. The monoisotopic (exact) mass is 587 g/mol. The second-order valence-electron chi connectivity index (χ2n) is 9.96. The molecule has 0 bridgehead atoms. The van der Waals surface area contributed by atoms with Gasteiger partial charge in [-0.1, -0.05) is 60.7 Å². The average molecular weight is 588 g/mol. The molecule has 2 amide bonds. The van der Waals surface area contributed by atoms with Crippen molar-refractivity contribution in [2.24, 2.45) is 0 Å². The van der Waals surface area contributed by atoms with Crippen LogP contribution >= 0.6 is 11.6 Å². The maximum absolute atomic E-state index is 13.7. The molecule has 2 aromatic carbocycles. The lowest BCUT2D eigenvalue weighted by atomic mass is 9.95. The summed E-state index contributed by atoms with van der Waals surface area (Å²) >= 11 is 6.12. The number of alkyl halides is 3. The molecular weight excluding hydrogens is 555 g/mol. The Morgan fingerprint density at radius 1 is 1.10 bits per heavy atom. The van der Waals surface area contributed by atoms with Crippen molar-refractivity contribution in [2.75, 3.05) is 17.1 Å². The summed E-state index contributed by atoms with van der Waals surface area (Å²) in [5.41, 5.74) is 0.0494. The fraction of sp³-hybridized carbons (Fsp3) is 0.481. The van der Waals surface area contributed by atoms with E-state index < -0.39 is 45.9 Å². The fourth-order valence-electron chi connectivity index (χ4n) is 4.63. The molecular formula is C27H33ClF3N3O4S. The highest BCUT2D eigenvalue weighted by Gasteiger charge is 2.35. The van der Waals surface area contributed by atoms with Crippen molar-refractivity contribution in [1.82, 2.24) is 10.2 Å². The van der Waals surface area contributed by atoms with Crippen LogP contribution in [0.2, 0.25) is 5.02 Å². The first-order chi connectivity index (χ1) is 18.2. The van der Waals surface area contributed by atoms with Crippen LogP contribution in [-0.4, -0.2) is 50.0 Å². The zero-order valence-electron chi connectivity index (χ0n) is 22.1. The first kappa shape index (κ1) is 30.7. The normalized spacial score (nSPS) is 15.5. The summed E-state index contributed by atoms with van der Waals surface area (Å²) in [6.45, 7) is 2.57. The summed E-state index contributed by atoms with van der Waals surface area (Å²) in [6, 6.07) is 8.56. The predicted molar refractivity (Wildman–Crippen MR) is 145 cm³/mol. The average Bonchev–Trinajstić information content (AvgIpc) is 2.85. The van der Waals surface area contributed by atoms with Crippen molar-refractivity contribution in [2.45, 2.75) is 70.8 Å². The molecule has 0 aromatic heterocycles. The summed E-state index contributed by atoms with van der Waals surface area (Å²) in [4.78, 5) is 28.1. The van der Waals surface area contributed by atoms with Gasteiger partial charge in [-0.3, -0.25) is 13.9 Å².